The zero-order chi connectivity index (χ0) is 17.5. The van der Waals surface area contributed by atoms with Gasteiger partial charge in [-0.1, -0.05) is 58.4 Å². The van der Waals surface area contributed by atoms with Crippen LogP contribution in [0.15, 0.2) is 76.3 Å². The first kappa shape index (κ1) is 17.2. The van der Waals surface area contributed by atoms with Gasteiger partial charge in [0.15, 0.2) is 0 Å². The van der Waals surface area contributed by atoms with Gasteiger partial charge in [0.25, 0.3) is 0 Å². The van der Waals surface area contributed by atoms with E-state index in [9.17, 15) is 4.79 Å². The molecule has 5 heteroatoms. The van der Waals surface area contributed by atoms with E-state index >= 15 is 0 Å². The number of fused-ring (bicyclic) bond motifs is 1. The molecule has 0 saturated carbocycles. The molecule has 4 nitrogen and oxygen atoms in total. The van der Waals surface area contributed by atoms with Crippen molar-refractivity contribution in [3.05, 3.63) is 76.8 Å². The highest BCUT2D eigenvalue weighted by atomic mass is 79.9. The maximum Gasteiger partial charge on any atom is 0.243 e. The topological polar surface area (TPSA) is 50.7 Å². The predicted molar refractivity (Wildman–Crippen MR) is 104 cm³/mol. The Morgan fingerprint density at radius 2 is 1.88 bits per heavy atom. The molecule has 0 radical (unpaired) electrons. The van der Waals surface area contributed by atoms with Crippen LogP contribution in [0.1, 0.15) is 12.0 Å². The maximum absolute atomic E-state index is 11.8. The van der Waals surface area contributed by atoms with Crippen molar-refractivity contribution in [3.63, 3.8) is 0 Å². The lowest BCUT2D eigenvalue weighted by molar-refractivity contribution is -0.121. The second-order valence-corrected chi connectivity index (χ2v) is 6.37. The number of nitrogens with one attached hydrogen (secondary N) is 1. The van der Waals surface area contributed by atoms with Crippen LogP contribution in [-0.4, -0.2) is 18.7 Å². The van der Waals surface area contributed by atoms with Crippen LogP contribution < -0.4 is 10.2 Å². The lowest BCUT2D eigenvalue weighted by atomic mass is 10.1. The summed E-state index contributed by atoms with van der Waals surface area (Å²) in [5.41, 5.74) is 3.45. The Labute approximate surface area is 154 Å². The monoisotopic (exact) mass is 396 g/mol. The van der Waals surface area contributed by atoms with Crippen molar-refractivity contribution in [2.45, 2.75) is 6.42 Å². The third-order valence-electron chi connectivity index (χ3n) is 3.57. The number of benzene rings is 3. The normalized spacial score (nSPS) is 10.9. The van der Waals surface area contributed by atoms with Gasteiger partial charge in [-0.25, -0.2) is 5.43 Å². The molecule has 0 bridgehead atoms. The highest BCUT2D eigenvalue weighted by molar-refractivity contribution is 9.10. The van der Waals surface area contributed by atoms with Gasteiger partial charge in [0, 0.05) is 4.47 Å². The van der Waals surface area contributed by atoms with Crippen LogP contribution >= 0.6 is 15.9 Å². The van der Waals surface area contributed by atoms with E-state index in [0.717, 1.165) is 21.2 Å². The highest BCUT2D eigenvalue weighted by Crippen LogP contribution is 2.17. The molecular formula is C20H17BrN2O2. The minimum absolute atomic E-state index is 0.188. The Kier molecular flexibility index (Phi) is 5.80. The van der Waals surface area contributed by atoms with Crippen molar-refractivity contribution >= 4 is 38.8 Å². The summed E-state index contributed by atoms with van der Waals surface area (Å²) in [4.78, 5) is 11.8. The van der Waals surface area contributed by atoms with E-state index in [2.05, 4.69) is 32.5 Å². The Balaban J connectivity index is 1.47. The van der Waals surface area contributed by atoms with E-state index in [0.29, 0.717) is 6.61 Å². The smallest absolute Gasteiger partial charge is 0.243 e. The number of rotatable bonds is 6. The van der Waals surface area contributed by atoms with Crippen molar-refractivity contribution in [2.24, 2.45) is 5.10 Å². The van der Waals surface area contributed by atoms with Gasteiger partial charge in [0.05, 0.1) is 19.2 Å². The second kappa shape index (κ2) is 8.44. The fourth-order valence-electron chi connectivity index (χ4n) is 2.34. The van der Waals surface area contributed by atoms with Crippen LogP contribution in [0.25, 0.3) is 10.8 Å². The maximum atomic E-state index is 11.8. The van der Waals surface area contributed by atoms with Gasteiger partial charge in [-0.2, -0.15) is 5.10 Å². The lowest BCUT2D eigenvalue weighted by Crippen LogP contribution is -2.19. The summed E-state index contributed by atoms with van der Waals surface area (Å²) in [6.45, 7) is 0.299. The van der Waals surface area contributed by atoms with E-state index < -0.39 is 0 Å². The van der Waals surface area contributed by atoms with Crippen LogP contribution in [0.2, 0.25) is 0 Å². The van der Waals surface area contributed by atoms with Crippen LogP contribution in [0, 0.1) is 0 Å². The standard InChI is InChI=1S/C20H17BrN2O2/c21-18-6-3-7-19(13-18)25-11-10-20(24)23-22-14-15-8-9-16-4-1-2-5-17(16)12-15/h1-9,12-14H,10-11H2,(H,23,24). The molecule has 1 amide bonds. The van der Waals surface area contributed by atoms with Gasteiger partial charge < -0.3 is 4.74 Å². The molecule has 0 heterocycles. The average molecular weight is 397 g/mol. The van der Waals surface area contributed by atoms with Gasteiger partial charge in [-0.3, -0.25) is 4.79 Å². The van der Waals surface area contributed by atoms with Gasteiger partial charge in [0.2, 0.25) is 5.91 Å². The molecule has 3 aromatic rings. The zero-order valence-corrected chi connectivity index (χ0v) is 15.1. The van der Waals surface area contributed by atoms with E-state index in [-0.39, 0.29) is 12.3 Å². The van der Waals surface area contributed by atoms with Crippen LogP contribution in [0.3, 0.4) is 0 Å². The van der Waals surface area contributed by atoms with E-state index in [1.165, 1.54) is 5.39 Å². The van der Waals surface area contributed by atoms with Gasteiger partial charge in [-0.15, -0.1) is 0 Å². The number of amides is 1. The SMILES string of the molecule is O=C(CCOc1cccc(Br)c1)NN=Cc1ccc2ccccc2c1. The molecule has 0 spiro atoms. The van der Waals surface area contributed by atoms with E-state index in [1.807, 2.05) is 60.7 Å². The largest absolute Gasteiger partial charge is 0.493 e. The number of carbonyl (C=O) groups excluding carboxylic acids is 1. The molecule has 0 unspecified atom stereocenters. The zero-order valence-electron chi connectivity index (χ0n) is 13.5. The molecular weight excluding hydrogens is 380 g/mol. The lowest BCUT2D eigenvalue weighted by Gasteiger charge is -2.05. The number of ether oxygens (including phenoxy) is 1. The van der Waals surface area contributed by atoms with Crippen molar-refractivity contribution in [2.75, 3.05) is 6.61 Å². The molecule has 0 aliphatic rings. The van der Waals surface area contributed by atoms with Crippen LogP contribution in [0.5, 0.6) is 5.75 Å². The molecule has 0 aliphatic heterocycles. The predicted octanol–water partition coefficient (Wildman–Crippen LogP) is 4.52. The fraction of sp³-hybridized carbons (Fsp3) is 0.100. The summed E-state index contributed by atoms with van der Waals surface area (Å²) in [5.74, 6) is 0.536. The summed E-state index contributed by atoms with van der Waals surface area (Å²) in [6, 6.07) is 21.6. The summed E-state index contributed by atoms with van der Waals surface area (Å²) < 4.78 is 6.47. The second-order valence-electron chi connectivity index (χ2n) is 5.46. The molecule has 3 rings (SSSR count). The Morgan fingerprint density at radius 3 is 2.72 bits per heavy atom. The first-order valence-electron chi connectivity index (χ1n) is 7.90. The van der Waals surface area contributed by atoms with E-state index in [4.69, 9.17) is 4.74 Å². The fourth-order valence-corrected chi connectivity index (χ4v) is 2.72. The van der Waals surface area contributed by atoms with Crippen molar-refractivity contribution < 1.29 is 9.53 Å². The molecule has 0 aromatic heterocycles. The van der Waals surface area contributed by atoms with Gasteiger partial charge >= 0.3 is 0 Å². The number of carbonyl (C=O) groups is 1. The first-order chi connectivity index (χ1) is 12.2. The first-order valence-corrected chi connectivity index (χ1v) is 8.69. The van der Waals surface area contributed by atoms with Crippen molar-refractivity contribution in [1.82, 2.24) is 5.43 Å². The number of hydrogen-bond acceptors (Lipinski definition) is 3. The minimum Gasteiger partial charge on any atom is -0.493 e. The Bertz CT molecular complexity index is 909. The quantitative estimate of drug-likeness (QED) is 0.491. The average Bonchev–Trinajstić information content (AvgIpc) is 2.62. The molecule has 1 N–H and O–H groups in total. The van der Waals surface area contributed by atoms with Crippen LogP contribution in [-0.2, 0) is 4.79 Å². The number of nitrogens with zero attached hydrogens (tertiary/aromatic N) is 1. The highest BCUT2D eigenvalue weighted by Gasteiger charge is 2.01. The molecule has 3 aromatic carbocycles. The van der Waals surface area contributed by atoms with E-state index in [1.54, 1.807) is 6.21 Å². The summed E-state index contributed by atoms with van der Waals surface area (Å²) >= 11 is 3.38. The molecule has 126 valence electrons. The molecule has 0 atom stereocenters. The van der Waals surface area contributed by atoms with Crippen LogP contribution in [0.4, 0.5) is 0 Å². The Hall–Kier alpha value is -2.66. The van der Waals surface area contributed by atoms with Crippen molar-refractivity contribution in [3.8, 4) is 5.75 Å². The third-order valence-corrected chi connectivity index (χ3v) is 4.06. The molecule has 25 heavy (non-hydrogen) atoms. The molecule has 0 fully saturated rings. The summed E-state index contributed by atoms with van der Waals surface area (Å²) in [7, 11) is 0. The minimum atomic E-state index is -0.188. The number of hydrogen-bond donors (Lipinski definition) is 1. The summed E-state index contributed by atoms with van der Waals surface area (Å²) in [6.07, 6.45) is 1.88. The Morgan fingerprint density at radius 1 is 1.04 bits per heavy atom. The number of hydrazone groups is 1. The van der Waals surface area contributed by atoms with Gasteiger partial charge in [-0.05, 0) is 40.6 Å². The van der Waals surface area contributed by atoms with Gasteiger partial charge in [0.1, 0.15) is 5.75 Å². The molecule has 0 saturated heterocycles. The number of halogens is 1. The molecule has 0 aliphatic carbocycles. The third kappa shape index (κ3) is 5.16. The summed E-state index contributed by atoms with van der Waals surface area (Å²) in [5, 5.41) is 6.31. The van der Waals surface area contributed by atoms with Crippen molar-refractivity contribution in [1.29, 1.82) is 0 Å².